The number of aromatic nitrogens is 1. The molecule has 0 amide bonds. The summed E-state index contributed by atoms with van der Waals surface area (Å²) < 4.78 is 0. The molecule has 1 saturated heterocycles. The SMILES string of the molecule is N#CC(NCCCCN1CCCC1)c1ccc[nH]1. The normalized spacial score (nSPS) is 17.7. The van der Waals surface area contributed by atoms with Crippen LogP contribution in [0.3, 0.4) is 0 Å². The van der Waals surface area contributed by atoms with Crippen molar-refractivity contribution >= 4 is 0 Å². The van der Waals surface area contributed by atoms with E-state index >= 15 is 0 Å². The fourth-order valence-corrected chi connectivity index (χ4v) is 2.46. The van der Waals surface area contributed by atoms with E-state index in [0.29, 0.717) is 0 Å². The summed E-state index contributed by atoms with van der Waals surface area (Å²) in [6, 6.07) is 5.96. The summed E-state index contributed by atoms with van der Waals surface area (Å²) in [5.74, 6) is 0. The molecule has 1 unspecified atom stereocenters. The molecule has 98 valence electrons. The lowest BCUT2D eigenvalue weighted by molar-refractivity contribution is 0.328. The molecule has 0 spiro atoms. The van der Waals surface area contributed by atoms with Gasteiger partial charge in [0.2, 0.25) is 0 Å². The van der Waals surface area contributed by atoms with Crippen LogP contribution in [0.2, 0.25) is 0 Å². The Bertz CT molecular complexity index is 360. The quantitative estimate of drug-likeness (QED) is 0.724. The lowest BCUT2D eigenvalue weighted by Gasteiger charge is -2.14. The first-order valence-corrected chi connectivity index (χ1v) is 6.89. The van der Waals surface area contributed by atoms with Crippen LogP contribution in [0.15, 0.2) is 18.3 Å². The number of nitrogens with one attached hydrogen (secondary N) is 2. The van der Waals surface area contributed by atoms with Crippen molar-refractivity contribution in [2.24, 2.45) is 0 Å². The maximum atomic E-state index is 9.09. The van der Waals surface area contributed by atoms with Crippen LogP contribution in [-0.4, -0.2) is 36.1 Å². The fourth-order valence-electron chi connectivity index (χ4n) is 2.46. The highest BCUT2D eigenvalue weighted by Crippen LogP contribution is 2.10. The van der Waals surface area contributed by atoms with Crippen LogP contribution in [0.4, 0.5) is 0 Å². The predicted molar refractivity (Wildman–Crippen MR) is 72.1 cm³/mol. The standard InChI is InChI=1S/C14H22N4/c15-12-14(13-6-5-8-16-13)17-7-1-2-9-18-10-3-4-11-18/h5-6,8,14,16-17H,1-4,7,9-11H2. The van der Waals surface area contributed by atoms with Gasteiger partial charge >= 0.3 is 0 Å². The van der Waals surface area contributed by atoms with E-state index in [4.69, 9.17) is 5.26 Å². The Morgan fingerprint density at radius 3 is 2.89 bits per heavy atom. The predicted octanol–water partition coefficient (Wildman–Crippen LogP) is 2.04. The molecule has 0 radical (unpaired) electrons. The maximum absolute atomic E-state index is 9.09. The van der Waals surface area contributed by atoms with Gasteiger partial charge in [-0.25, -0.2) is 0 Å². The van der Waals surface area contributed by atoms with Crippen LogP contribution < -0.4 is 5.32 Å². The van der Waals surface area contributed by atoms with Gasteiger partial charge < -0.3 is 9.88 Å². The van der Waals surface area contributed by atoms with Gasteiger partial charge in [-0.2, -0.15) is 5.26 Å². The van der Waals surface area contributed by atoms with E-state index < -0.39 is 0 Å². The smallest absolute Gasteiger partial charge is 0.136 e. The van der Waals surface area contributed by atoms with Gasteiger partial charge in [0.15, 0.2) is 0 Å². The van der Waals surface area contributed by atoms with Crippen molar-refractivity contribution in [1.82, 2.24) is 15.2 Å². The van der Waals surface area contributed by atoms with E-state index in [1.165, 1.54) is 38.9 Å². The van der Waals surface area contributed by atoms with Gasteiger partial charge in [-0.1, -0.05) is 0 Å². The Balaban J connectivity index is 1.58. The van der Waals surface area contributed by atoms with Gasteiger partial charge in [-0.3, -0.25) is 5.32 Å². The van der Waals surface area contributed by atoms with Gasteiger partial charge in [-0.15, -0.1) is 0 Å². The summed E-state index contributed by atoms with van der Waals surface area (Å²) in [5.41, 5.74) is 0.956. The minimum absolute atomic E-state index is 0.202. The zero-order chi connectivity index (χ0) is 12.6. The number of rotatable bonds is 7. The molecule has 0 aliphatic carbocycles. The molecule has 0 saturated carbocycles. The number of aromatic amines is 1. The van der Waals surface area contributed by atoms with Crippen molar-refractivity contribution < 1.29 is 0 Å². The van der Waals surface area contributed by atoms with Gasteiger partial charge in [0.1, 0.15) is 6.04 Å². The summed E-state index contributed by atoms with van der Waals surface area (Å²) in [4.78, 5) is 5.62. The molecule has 4 nitrogen and oxygen atoms in total. The van der Waals surface area contributed by atoms with E-state index in [1.54, 1.807) is 0 Å². The Kier molecular flexibility index (Phi) is 5.25. The number of unbranched alkanes of at least 4 members (excludes halogenated alkanes) is 1. The monoisotopic (exact) mass is 246 g/mol. The molecule has 1 fully saturated rings. The second-order valence-electron chi connectivity index (χ2n) is 4.90. The fraction of sp³-hybridized carbons (Fsp3) is 0.643. The molecule has 1 aromatic heterocycles. The van der Waals surface area contributed by atoms with Crippen LogP contribution in [0.1, 0.15) is 37.4 Å². The minimum atomic E-state index is -0.202. The number of nitrogens with zero attached hydrogens (tertiary/aromatic N) is 2. The molecule has 4 heteroatoms. The summed E-state index contributed by atoms with van der Waals surface area (Å²) >= 11 is 0. The first kappa shape index (κ1) is 13.1. The molecular formula is C14H22N4. The largest absolute Gasteiger partial charge is 0.363 e. The van der Waals surface area contributed by atoms with Crippen molar-refractivity contribution in [2.45, 2.75) is 31.7 Å². The average molecular weight is 246 g/mol. The molecule has 1 aromatic rings. The summed E-state index contributed by atoms with van der Waals surface area (Å²) in [6.07, 6.45) is 6.93. The van der Waals surface area contributed by atoms with Crippen molar-refractivity contribution in [2.75, 3.05) is 26.2 Å². The van der Waals surface area contributed by atoms with Crippen molar-refractivity contribution in [3.8, 4) is 6.07 Å². The molecule has 2 heterocycles. The van der Waals surface area contributed by atoms with E-state index in [1.807, 2.05) is 18.3 Å². The molecule has 1 aliphatic rings. The highest BCUT2D eigenvalue weighted by Gasteiger charge is 2.11. The molecule has 18 heavy (non-hydrogen) atoms. The van der Waals surface area contributed by atoms with Crippen molar-refractivity contribution in [3.05, 3.63) is 24.0 Å². The maximum Gasteiger partial charge on any atom is 0.136 e. The van der Waals surface area contributed by atoms with Crippen molar-refractivity contribution in [1.29, 1.82) is 5.26 Å². The van der Waals surface area contributed by atoms with Gasteiger partial charge in [0, 0.05) is 11.9 Å². The lowest BCUT2D eigenvalue weighted by atomic mass is 10.2. The highest BCUT2D eigenvalue weighted by molar-refractivity contribution is 5.15. The van der Waals surface area contributed by atoms with E-state index in [2.05, 4.69) is 21.3 Å². The van der Waals surface area contributed by atoms with Crippen LogP contribution in [0, 0.1) is 11.3 Å². The zero-order valence-corrected chi connectivity index (χ0v) is 10.9. The molecule has 0 aromatic carbocycles. The third kappa shape index (κ3) is 3.86. The number of nitriles is 1. The second kappa shape index (κ2) is 7.20. The Morgan fingerprint density at radius 1 is 1.39 bits per heavy atom. The Labute approximate surface area is 109 Å². The number of H-pyrrole nitrogens is 1. The topological polar surface area (TPSA) is 54.9 Å². The first-order valence-electron chi connectivity index (χ1n) is 6.89. The lowest BCUT2D eigenvalue weighted by Crippen LogP contribution is -2.24. The second-order valence-corrected chi connectivity index (χ2v) is 4.90. The minimum Gasteiger partial charge on any atom is -0.363 e. The average Bonchev–Trinajstić information content (AvgIpc) is 3.06. The molecule has 0 bridgehead atoms. The van der Waals surface area contributed by atoms with Crippen LogP contribution >= 0.6 is 0 Å². The molecule has 1 aliphatic heterocycles. The summed E-state index contributed by atoms with van der Waals surface area (Å²) in [7, 11) is 0. The first-order chi connectivity index (χ1) is 8.90. The molecule has 1 atom stereocenters. The zero-order valence-electron chi connectivity index (χ0n) is 10.9. The number of likely N-dealkylation sites (tertiary alicyclic amines) is 1. The number of hydrogen-bond donors (Lipinski definition) is 2. The Morgan fingerprint density at radius 2 is 2.22 bits per heavy atom. The Hall–Kier alpha value is -1.31. The van der Waals surface area contributed by atoms with Crippen molar-refractivity contribution in [3.63, 3.8) is 0 Å². The summed E-state index contributed by atoms with van der Waals surface area (Å²) in [5, 5.41) is 12.4. The van der Waals surface area contributed by atoms with Crippen LogP contribution in [-0.2, 0) is 0 Å². The van der Waals surface area contributed by atoms with Gasteiger partial charge in [-0.05, 0) is 64.0 Å². The van der Waals surface area contributed by atoms with E-state index in [0.717, 1.165) is 18.7 Å². The summed E-state index contributed by atoms with van der Waals surface area (Å²) in [6.45, 7) is 4.67. The number of hydrogen-bond acceptors (Lipinski definition) is 3. The van der Waals surface area contributed by atoms with Crippen LogP contribution in [0.25, 0.3) is 0 Å². The third-order valence-electron chi connectivity index (χ3n) is 3.51. The van der Waals surface area contributed by atoms with Gasteiger partial charge in [0.25, 0.3) is 0 Å². The molecule has 2 N–H and O–H groups in total. The van der Waals surface area contributed by atoms with E-state index in [-0.39, 0.29) is 6.04 Å². The van der Waals surface area contributed by atoms with Crippen LogP contribution in [0.5, 0.6) is 0 Å². The molecule has 2 rings (SSSR count). The van der Waals surface area contributed by atoms with Gasteiger partial charge in [0.05, 0.1) is 6.07 Å². The highest BCUT2D eigenvalue weighted by atomic mass is 15.1. The third-order valence-corrected chi connectivity index (χ3v) is 3.51. The molecular weight excluding hydrogens is 224 g/mol. The van der Waals surface area contributed by atoms with E-state index in [9.17, 15) is 0 Å².